The average Bonchev–Trinajstić information content (AvgIpc) is 3.22. The van der Waals surface area contributed by atoms with E-state index in [9.17, 15) is 19.6 Å². The van der Waals surface area contributed by atoms with Gasteiger partial charge in [0.2, 0.25) is 0 Å². The summed E-state index contributed by atoms with van der Waals surface area (Å²) >= 11 is 0. The molecule has 2 aromatic carbocycles. The van der Waals surface area contributed by atoms with E-state index in [0.29, 0.717) is 0 Å². The molecule has 2 amide bonds. The van der Waals surface area contributed by atoms with E-state index in [4.69, 9.17) is 0 Å². The highest BCUT2D eigenvalue weighted by Crippen LogP contribution is 2.44. The van der Waals surface area contributed by atoms with Gasteiger partial charge in [0.1, 0.15) is 11.9 Å². The molecule has 29 heavy (non-hydrogen) atoms. The lowest BCUT2D eigenvalue weighted by Gasteiger charge is -2.52. The van der Waals surface area contributed by atoms with Gasteiger partial charge in [0, 0.05) is 12.0 Å². The Morgan fingerprint density at radius 2 is 1.86 bits per heavy atom. The van der Waals surface area contributed by atoms with Crippen LogP contribution in [0.2, 0.25) is 0 Å². The molecule has 2 N–H and O–H groups in total. The first-order valence-electron chi connectivity index (χ1n) is 10.1. The number of aliphatic hydroxyl groups excluding tert-OH is 1. The molecule has 1 aliphatic heterocycles. The minimum absolute atomic E-state index is 0.145. The summed E-state index contributed by atoms with van der Waals surface area (Å²) in [4.78, 5) is 14.3. The third kappa shape index (κ3) is 3.58. The lowest BCUT2D eigenvalue weighted by Crippen LogP contribution is -2.67. The molecule has 0 aromatic heterocycles. The van der Waals surface area contributed by atoms with E-state index < -0.39 is 12.1 Å². The average molecular weight is 393 g/mol. The van der Waals surface area contributed by atoms with Crippen LogP contribution in [0, 0.1) is 17.1 Å². The van der Waals surface area contributed by atoms with Crippen molar-refractivity contribution in [1.29, 1.82) is 5.26 Å². The summed E-state index contributed by atoms with van der Waals surface area (Å²) in [7, 11) is 0. The second-order valence-corrected chi connectivity index (χ2v) is 7.78. The molecule has 2 fully saturated rings. The number of benzene rings is 2. The first-order chi connectivity index (χ1) is 14.1. The monoisotopic (exact) mass is 393 g/mol. The van der Waals surface area contributed by atoms with Gasteiger partial charge < -0.3 is 15.3 Å². The van der Waals surface area contributed by atoms with Crippen molar-refractivity contribution in [3.63, 3.8) is 0 Å². The Hall–Kier alpha value is -2.91. The van der Waals surface area contributed by atoms with E-state index in [2.05, 4.69) is 11.4 Å². The predicted octanol–water partition coefficient (Wildman–Crippen LogP) is 3.80. The number of carbonyl (C=O) groups excluding carboxylic acids is 1. The maximum atomic E-state index is 13.4. The summed E-state index contributed by atoms with van der Waals surface area (Å²) in [5.74, 6) is -0.617. The Bertz CT molecular complexity index is 918. The zero-order chi connectivity index (χ0) is 20.4. The molecule has 3 atom stereocenters. The van der Waals surface area contributed by atoms with Crippen LogP contribution in [0.25, 0.3) is 11.1 Å². The Morgan fingerprint density at radius 3 is 2.52 bits per heavy atom. The molecule has 5 nitrogen and oxygen atoms in total. The number of likely N-dealkylation sites (tertiary alicyclic amines) is 1. The van der Waals surface area contributed by atoms with Crippen molar-refractivity contribution in [2.75, 3.05) is 6.61 Å². The van der Waals surface area contributed by atoms with Gasteiger partial charge in [-0.1, -0.05) is 49.2 Å². The van der Waals surface area contributed by atoms with Crippen molar-refractivity contribution >= 4 is 6.03 Å². The van der Waals surface area contributed by atoms with Crippen LogP contribution in [0.4, 0.5) is 9.18 Å². The van der Waals surface area contributed by atoms with E-state index >= 15 is 0 Å². The van der Waals surface area contributed by atoms with Gasteiger partial charge in [0.05, 0.1) is 18.7 Å². The smallest absolute Gasteiger partial charge is 0.319 e. The molecule has 2 aliphatic rings. The van der Waals surface area contributed by atoms with Crippen molar-refractivity contribution in [2.24, 2.45) is 0 Å². The van der Waals surface area contributed by atoms with Crippen molar-refractivity contribution in [2.45, 2.75) is 49.7 Å². The number of rotatable bonds is 4. The first-order valence-corrected chi connectivity index (χ1v) is 10.1. The largest absolute Gasteiger partial charge is 0.394 e. The number of urea groups is 1. The molecule has 1 heterocycles. The summed E-state index contributed by atoms with van der Waals surface area (Å²) in [5.41, 5.74) is 2.60. The van der Waals surface area contributed by atoms with Gasteiger partial charge in [-0.2, -0.15) is 5.26 Å². The van der Waals surface area contributed by atoms with Crippen LogP contribution < -0.4 is 5.32 Å². The van der Waals surface area contributed by atoms with Crippen LogP contribution in [-0.4, -0.2) is 40.8 Å². The normalized spacial score (nSPS) is 24.0. The Morgan fingerprint density at radius 1 is 1.17 bits per heavy atom. The highest BCUT2D eigenvalue weighted by atomic mass is 19.1. The quantitative estimate of drug-likeness (QED) is 0.830. The molecular formula is C23H24FN3O2. The second-order valence-electron chi connectivity index (χ2n) is 7.78. The van der Waals surface area contributed by atoms with Crippen molar-refractivity contribution in [3.8, 4) is 17.2 Å². The number of amides is 2. The van der Waals surface area contributed by atoms with Gasteiger partial charge in [0.15, 0.2) is 0 Å². The van der Waals surface area contributed by atoms with Gasteiger partial charge in [-0.3, -0.25) is 0 Å². The number of hydrogen-bond donors (Lipinski definition) is 2. The maximum absolute atomic E-state index is 13.4. The summed E-state index contributed by atoms with van der Waals surface area (Å²) in [5, 5.41) is 22.9. The topological polar surface area (TPSA) is 76.4 Å². The van der Waals surface area contributed by atoms with Gasteiger partial charge in [-0.15, -0.1) is 0 Å². The minimum Gasteiger partial charge on any atom is -0.394 e. The van der Waals surface area contributed by atoms with Gasteiger partial charge in [-0.25, -0.2) is 9.18 Å². The highest BCUT2D eigenvalue weighted by molar-refractivity contribution is 5.79. The van der Waals surface area contributed by atoms with Crippen molar-refractivity contribution in [3.05, 3.63) is 59.9 Å². The molecule has 0 spiro atoms. The molecule has 4 rings (SSSR count). The molecule has 150 valence electrons. The summed E-state index contributed by atoms with van der Waals surface area (Å²) in [6, 6.07) is 14.8. The standard InChI is InChI=1S/C23H24FN3O2/c24-16-11-9-15(10-12-16)18-7-3-4-8-19(18)22-20(13-25)27(21(22)14-28)23(29)26-17-5-1-2-6-17/h3-4,7-12,17,20-22,28H,1-2,5-6,14H2,(H,26,29)/t20-,21+,22-/m0/s1. The third-order valence-corrected chi connectivity index (χ3v) is 6.12. The molecule has 1 aliphatic carbocycles. The molecule has 1 saturated heterocycles. The number of halogens is 1. The van der Waals surface area contributed by atoms with E-state index in [0.717, 1.165) is 42.4 Å². The van der Waals surface area contributed by atoms with Gasteiger partial charge in [0.25, 0.3) is 0 Å². The Labute approximate surface area is 169 Å². The van der Waals surface area contributed by atoms with Gasteiger partial charge >= 0.3 is 6.03 Å². The second kappa shape index (κ2) is 8.22. The van der Waals surface area contributed by atoms with Crippen LogP contribution >= 0.6 is 0 Å². The number of nitrogens with one attached hydrogen (secondary N) is 1. The third-order valence-electron chi connectivity index (χ3n) is 6.12. The Balaban J connectivity index is 1.62. The van der Waals surface area contributed by atoms with Crippen molar-refractivity contribution in [1.82, 2.24) is 10.2 Å². The fraction of sp³-hybridized carbons (Fsp3) is 0.391. The fourth-order valence-corrected chi connectivity index (χ4v) is 4.66. The Kier molecular flexibility index (Phi) is 5.50. The maximum Gasteiger partial charge on any atom is 0.319 e. The van der Waals surface area contributed by atoms with Crippen LogP contribution in [0.3, 0.4) is 0 Å². The van der Waals surface area contributed by atoms with Crippen LogP contribution in [0.5, 0.6) is 0 Å². The van der Waals surface area contributed by atoms with Crippen LogP contribution in [-0.2, 0) is 0 Å². The zero-order valence-electron chi connectivity index (χ0n) is 16.1. The molecule has 0 bridgehead atoms. The fourth-order valence-electron chi connectivity index (χ4n) is 4.66. The number of nitriles is 1. The summed E-state index contributed by atoms with van der Waals surface area (Å²) in [6.45, 7) is -0.224. The lowest BCUT2D eigenvalue weighted by molar-refractivity contribution is 0.0160. The molecule has 0 radical (unpaired) electrons. The number of carbonyl (C=O) groups is 1. The molecular weight excluding hydrogens is 369 g/mol. The molecule has 6 heteroatoms. The van der Waals surface area contributed by atoms with Crippen molar-refractivity contribution < 1.29 is 14.3 Å². The molecule has 2 aromatic rings. The zero-order valence-corrected chi connectivity index (χ0v) is 16.1. The number of nitrogens with zero attached hydrogens (tertiary/aromatic N) is 2. The lowest BCUT2D eigenvalue weighted by atomic mass is 9.73. The minimum atomic E-state index is -0.657. The predicted molar refractivity (Wildman–Crippen MR) is 107 cm³/mol. The number of hydrogen-bond acceptors (Lipinski definition) is 3. The SMILES string of the molecule is N#C[C@H]1[C@H](c2ccccc2-c2ccc(F)cc2)[C@@H](CO)N1C(=O)NC1CCCC1. The van der Waals surface area contributed by atoms with Gasteiger partial charge in [-0.05, 0) is 41.7 Å². The van der Waals surface area contributed by atoms with E-state index in [1.807, 2.05) is 24.3 Å². The van der Waals surface area contributed by atoms with Crippen LogP contribution in [0.15, 0.2) is 48.5 Å². The molecule has 1 saturated carbocycles. The van der Waals surface area contributed by atoms with E-state index in [1.54, 1.807) is 12.1 Å². The van der Waals surface area contributed by atoms with E-state index in [1.165, 1.54) is 17.0 Å². The molecule has 0 unspecified atom stereocenters. The summed E-state index contributed by atoms with van der Waals surface area (Å²) < 4.78 is 13.4. The highest BCUT2D eigenvalue weighted by Gasteiger charge is 2.52. The number of aliphatic hydroxyl groups is 1. The van der Waals surface area contributed by atoms with Crippen LogP contribution in [0.1, 0.15) is 37.2 Å². The summed E-state index contributed by atoms with van der Waals surface area (Å²) in [6.07, 6.45) is 4.11. The van der Waals surface area contributed by atoms with E-state index in [-0.39, 0.29) is 30.4 Å². The first kappa shape index (κ1) is 19.4.